The largest absolute Gasteiger partial charge is 0.468 e. The molecule has 2 rings (SSSR count). The Morgan fingerprint density at radius 1 is 1.60 bits per heavy atom. The Hall–Kier alpha value is -1.98. The molecule has 0 amide bonds. The van der Waals surface area contributed by atoms with Gasteiger partial charge in [-0.3, -0.25) is 4.79 Å². The van der Waals surface area contributed by atoms with E-state index < -0.39 is 5.97 Å². The van der Waals surface area contributed by atoms with Gasteiger partial charge in [-0.15, -0.1) is 0 Å². The molecule has 1 aromatic rings. The predicted molar refractivity (Wildman–Crippen MR) is 47.6 cm³/mol. The van der Waals surface area contributed by atoms with Crippen LogP contribution in [0, 0.1) is 0 Å². The van der Waals surface area contributed by atoms with Crippen LogP contribution in [0.4, 0.5) is 0 Å². The number of Topliss-reactive ketones (excluding diaryl/α,β-unsaturated/α-hetero) is 1. The zero-order valence-corrected chi connectivity index (χ0v) is 8.02. The molecule has 2 heterocycles. The highest BCUT2D eigenvalue weighted by Gasteiger charge is 2.21. The fourth-order valence-corrected chi connectivity index (χ4v) is 1.24. The van der Waals surface area contributed by atoms with Gasteiger partial charge in [0.05, 0.1) is 19.7 Å². The van der Waals surface area contributed by atoms with E-state index in [2.05, 4.69) is 14.7 Å². The summed E-state index contributed by atoms with van der Waals surface area (Å²) >= 11 is 0. The highest BCUT2D eigenvalue weighted by Crippen LogP contribution is 2.18. The number of aromatic nitrogens is 2. The second-order valence-electron chi connectivity index (χ2n) is 3.00. The van der Waals surface area contributed by atoms with Crippen LogP contribution in [-0.4, -0.2) is 35.4 Å². The maximum absolute atomic E-state index is 11.1. The SMILES string of the molecule is COC(=O)c1cnc2c(n1)CC(=O)CO2. The highest BCUT2D eigenvalue weighted by molar-refractivity contribution is 5.88. The average Bonchev–Trinajstić information content (AvgIpc) is 2.27. The summed E-state index contributed by atoms with van der Waals surface area (Å²) in [6.07, 6.45) is 1.41. The topological polar surface area (TPSA) is 78.4 Å². The standard InChI is InChI=1S/C9H8N2O4/c1-14-9(13)7-3-10-8-6(11-7)2-5(12)4-15-8/h3H,2,4H2,1H3. The molecule has 0 atom stereocenters. The van der Waals surface area contributed by atoms with Crippen molar-refractivity contribution < 1.29 is 19.1 Å². The Morgan fingerprint density at radius 3 is 3.13 bits per heavy atom. The number of methoxy groups -OCH3 is 1. The lowest BCUT2D eigenvalue weighted by Gasteiger charge is -2.14. The lowest BCUT2D eigenvalue weighted by molar-refractivity contribution is -0.121. The first-order chi connectivity index (χ1) is 7.20. The third-order valence-corrected chi connectivity index (χ3v) is 1.94. The number of carbonyl (C=O) groups excluding carboxylic acids is 2. The maximum atomic E-state index is 11.1. The number of fused-ring (bicyclic) bond motifs is 1. The van der Waals surface area contributed by atoms with Crippen molar-refractivity contribution in [2.75, 3.05) is 13.7 Å². The number of esters is 1. The van der Waals surface area contributed by atoms with E-state index in [-0.39, 0.29) is 24.5 Å². The molecule has 1 aliphatic heterocycles. The third kappa shape index (κ3) is 1.78. The van der Waals surface area contributed by atoms with Gasteiger partial charge in [-0.25, -0.2) is 14.8 Å². The van der Waals surface area contributed by atoms with E-state index in [4.69, 9.17) is 4.74 Å². The average molecular weight is 208 g/mol. The second kappa shape index (κ2) is 3.64. The number of ketones is 1. The molecule has 0 bridgehead atoms. The molecule has 0 saturated carbocycles. The van der Waals surface area contributed by atoms with Crippen molar-refractivity contribution in [3.63, 3.8) is 0 Å². The molecule has 0 unspecified atom stereocenters. The van der Waals surface area contributed by atoms with Crippen LogP contribution in [0.25, 0.3) is 0 Å². The summed E-state index contributed by atoms with van der Waals surface area (Å²) in [5.74, 6) is -0.357. The van der Waals surface area contributed by atoms with Crippen LogP contribution in [-0.2, 0) is 16.0 Å². The van der Waals surface area contributed by atoms with Gasteiger partial charge in [-0.1, -0.05) is 0 Å². The van der Waals surface area contributed by atoms with Crippen molar-refractivity contribution in [2.24, 2.45) is 0 Å². The van der Waals surface area contributed by atoms with E-state index >= 15 is 0 Å². The fraction of sp³-hybridized carbons (Fsp3) is 0.333. The summed E-state index contributed by atoms with van der Waals surface area (Å²) in [5.41, 5.74) is 0.462. The Labute approximate surface area is 85.2 Å². The van der Waals surface area contributed by atoms with E-state index in [0.717, 1.165) is 0 Å². The minimum atomic E-state index is -0.580. The summed E-state index contributed by atoms with van der Waals surface area (Å²) in [6, 6.07) is 0. The molecular formula is C9H8N2O4. The van der Waals surface area contributed by atoms with Crippen LogP contribution in [0.3, 0.4) is 0 Å². The van der Waals surface area contributed by atoms with Crippen LogP contribution >= 0.6 is 0 Å². The van der Waals surface area contributed by atoms with Crippen molar-refractivity contribution in [3.8, 4) is 5.88 Å². The van der Waals surface area contributed by atoms with Crippen LogP contribution < -0.4 is 4.74 Å². The molecule has 0 N–H and O–H groups in total. The quantitative estimate of drug-likeness (QED) is 0.593. The normalized spacial score (nSPS) is 14.1. The molecule has 0 spiro atoms. The van der Waals surface area contributed by atoms with Crippen molar-refractivity contribution in [2.45, 2.75) is 6.42 Å². The summed E-state index contributed by atoms with van der Waals surface area (Å²) in [5, 5.41) is 0. The lowest BCUT2D eigenvalue weighted by Crippen LogP contribution is -2.23. The Balaban J connectivity index is 2.36. The highest BCUT2D eigenvalue weighted by atomic mass is 16.5. The molecule has 0 aliphatic carbocycles. The molecule has 6 nitrogen and oxygen atoms in total. The number of rotatable bonds is 1. The van der Waals surface area contributed by atoms with Crippen LogP contribution in [0.5, 0.6) is 5.88 Å². The van der Waals surface area contributed by atoms with Gasteiger partial charge in [0.25, 0.3) is 0 Å². The molecular weight excluding hydrogens is 200 g/mol. The van der Waals surface area contributed by atoms with Crippen LogP contribution in [0.15, 0.2) is 6.20 Å². The number of ether oxygens (including phenoxy) is 2. The number of carbonyl (C=O) groups is 2. The number of hydrogen-bond acceptors (Lipinski definition) is 6. The van der Waals surface area contributed by atoms with Gasteiger partial charge in [0, 0.05) is 0 Å². The van der Waals surface area contributed by atoms with Crippen LogP contribution in [0.1, 0.15) is 16.2 Å². The van der Waals surface area contributed by atoms with Gasteiger partial charge >= 0.3 is 5.97 Å². The predicted octanol–water partition coefficient (Wildman–Crippen LogP) is -0.233. The minimum absolute atomic E-state index is 0.0131. The minimum Gasteiger partial charge on any atom is -0.468 e. The van der Waals surface area contributed by atoms with Crippen molar-refractivity contribution in [3.05, 3.63) is 17.6 Å². The van der Waals surface area contributed by atoms with Gasteiger partial charge in [-0.05, 0) is 0 Å². The molecule has 0 saturated heterocycles. The number of nitrogens with zero attached hydrogens (tertiary/aromatic N) is 2. The van der Waals surface area contributed by atoms with Crippen molar-refractivity contribution >= 4 is 11.8 Å². The summed E-state index contributed by atoms with van der Waals surface area (Å²) < 4.78 is 9.52. The van der Waals surface area contributed by atoms with E-state index in [9.17, 15) is 9.59 Å². The lowest BCUT2D eigenvalue weighted by atomic mass is 10.2. The molecule has 6 heteroatoms. The zero-order valence-electron chi connectivity index (χ0n) is 8.02. The first kappa shape index (κ1) is 9.57. The van der Waals surface area contributed by atoms with Crippen LogP contribution in [0.2, 0.25) is 0 Å². The summed E-state index contributed by atoms with van der Waals surface area (Å²) in [6.45, 7) is 0.0131. The van der Waals surface area contributed by atoms with E-state index in [1.807, 2.05) is 0 Å². The molecule has 0 radical (unpaired) electrons. The van der Waals surface area contributed by atoms with E-state index in [1.54, 1.807) is 0 Å². The molecule has 1 aromatic heterocycles. The Kier molecular flexibility index (Phi) is 2.32. The first-order valence-electron chi connectivity index (χ1n) is 4.29. The Morgan fingerprint density at radius 2 is 2.40 bits per heavy atom. The summed E-state index contributed by atoms with van der Waals surface area (Å²) in [4.78, 5) is 30.0. The van der Waals surface area contributed by atoms with E-state index in [1.165, 1.54) is 13.3 Å². The summed E-state index contributed by atoms with van der Waals surface area (Å²) in [7, 11) is 1.26. The molecule has 78 valence electrons. The van der Waals surface area contributed by atoms with Crippen molar-refractivity contribution in [1.29, 1.82) is 0 Å². The number of hydrogen-bond donors (Lipinski definition) is 0. The molecule has 0 aromatic carbocycles. The second-order valence-corrected chi connectivity index (χ2v) is 3.00. The van der Waals surface area contributed by atoms with Gasteiger partial charge in [0.15, 0.2) is 11.5 Å². The van der Waals surface area contributed by atoms with Gasteiger partial charge in [0.2, 0.25) is 5.88 Å². The van der Waals surface area contributed by atoms with Gasteiger partial charge in [0.1, 0.15) is 12.3 Å². The van der Waals surface area contributed by atoms with Crippen molar-refractivity contribution in [1.82, 2.24) is 9.97 Å². The first-order valence-corrected chi connectivity index (χ1v) is 4.29. The third-order valence-electron chi connectivity index (χ3n) is 1.94. The monoisotopic (exact) mass is 208 g/mol. The Bertz CT molecular complexity index is 430. The zero-order chi connectivity index (χ0) is 10.8. The maximum Gasteiger partial charge on any atom is 0.358 e. The molecule has 0 fully saturated rings. The van der Waals surface area contributed by atoms with Gasteiger partial charge in [-0.2, -0.15) is 0 Å². The smallest absolute Gasteiger partial charge is 0.358 e. The molecule has 15 heavy (non-hydrogen) atoms. The van der Waals surface area contributed by atoms with E-state index in [0.29, 0.717) is 11.6 Å². The van der Waals surface area contributed by atoms with Gasteiger partial charge < -0.3 is 9.47 Å². The fourth-order valence-electron chi connectivity index (χ4n) is 1.24. The molecule has 1 aliphatic rings.